The second kappa shape index (κ2) is 8.97. The van der Waals surface area contributed by atoms with Crippen molar-refractivity contribution < 1.29 is 13.9 Å². The van der Waals surface area contributed by atoms with Crippen LogP contribution in [-0.4, -0.2) is 35.8 Å². The summed E-state index contributed by atoms with van der Waals surface area (Å²) in [6.07, 6.45) is 4.62. The summed E-state index contributed by atoms with van der Waals surface area (Å²) in [6.45, 7) is 1.98. The van der Waals surface area contributed by atoms with Gasteiger partial charge >= 0.3 is 5.97 Å². The van der Waals surface area contributed by atoms with Gasteiger partial charge in [0.2, 0.25) is 0 Å². The highest BCUT2D eigenvalue weighted by Crippen LogP contribution is 2.30. The fourth-order valence-corrected chi connectivity index (χ4v) is 2.57. The molecule has 0 bridgehead atoms. The van der Waals surface area contributed by atoms with Crippen molar-refractivity contribution in [1.29, 1.82) is 5.26 Å². The lowest BCUT2D eigenvalue weighted by Gasteiger charge is -2.12. The summed E-state index contributed by atoms with van der Waals surface area (Å²) in [5, 5.41) is 12.4. The van der Waals surface area contributed by atoms with Crippen molar-refractivity contribution in [3.63, 3.8) is 0 Å². The number of anilines is 1. The van der Waals surface area contributed by atoms with Gasteiger partial charge in [0.1, 0.15) is 17.7 Å². The topological polar surface area (TPSA) is 87.9 Å². The highest BCUT2D eigenvalue weighted by Gasteiger charge is 2.15. The molecule has 0 aliphatic carbocycles. The number of hydrogen-bond donors (Lipinski definition) is 1. The molecule has 0 spiro atoms. The van der Waals surface area contributed by atoms with Gasteiger partial charge in [-0.05, 0) is 31.4 Å². The van der Waals surface area contributed by atoms with E-state index in [0.29, 0.717) is 27.8 Å². The zero-order chi connectivity index (χ0) is 19.1. The first-order chi connectivity index (χ1) is 12.5. The van der Waals surface area contributed by atoms with E-state index < -0.39 is 11.8 Å². The van der Waals surface area contributed by atoms with Crippen LogP contribution in [0.15, 0.2) is 29.4 Å². The molecule has 0 unspecified atom stereocenters. The van der Waals surface area contributed by atoms with Crippen LogP contribution in [0.2, 0.25) is 0 Å². The minimum atomic E-state index is -0.638. The average Bonchev–Trinajstić information content (AvgIpc) is 2.65. The van der Waals surface area contributed by atoms with Gasteiger partial charge in [0.25, 0.3) is 0 Å². The molecule has 1 heterocycles. The maximum atomic E-state index is 14.1. The Hall–Kier alpha value is -2.92. The van der Waals surface area contributed by atoms with Crippen LogP contribution in [-0.2, 0) is 9.53 Å². The number of halogens is 1. The number of nitrogens with one attached hydrogen (secondary N) is 1. The predicted octanol–water partition coefficient (Wildman–Crippen LogP) is 3.49. The van der Waals surface area contributed by atoms with Crippen molar-refractivity contribution in [2.45, 2.75) is 12.1 Å². The number of carbonyl (C=O) groups excluding carboxylic acids is 1. The van der Waals surface area contributed by atoms with Crippen molar-refractivity contribution >= 4 is 29.6 Å². The van der Waals surface area contributed by atoms with Crippen molar-refractivity contribution in [3.05, 3.63) is 41.2 Å². The highest BCUT2D eigenvalue weighted by molar-refractivity contribution is 7.98. The third-order valence-corrected chi connectivity index (χ3v) is 3.93. The van der Waals surface area contributed by atoms with E-state index in [2.05, 4.69) is 15.3 Å². The van der Waals surface area contributed by atoms with E-state index in [1.807, 2.05) is 6.26 Å². The van der Waals surface area contributed by atoms with Crippen LogP contribution >= 0.6 is 11.8 Å². The molecular weight excluding hydrogens is 355 g/mol. The van der Waals surface area contributed by atoms with Crippen molar-refractivity contribution in [1.82, 2.24) is 9.97 Å². The first kappa shape index (κ1) is 19.4. The molecule has 2 rings (SSSR count). The van der Waals surface area contributed by atoms with Crippen LogP contribution in [0, 0.1) is 17.1 Å². The normalized spacial score (nSPS) is 10.6. The Kier molecular flexibility index (Phi) is 6.69. The van der Waals surface area contributed by atoms with E-state index in [0.717, 1.165) is 0 Å². The van der Waals surface area contributed by atoms with Crippen LogP contribution in [0.3, 0.4) is 0 Å². The van der Waals surface area contributed by atoms with Gasteiger partial charge in [-0.3, -0.25) is 0 Å². The summed E-state index contributed by atoms with van der Waals surface area (Å²) in [4.78, 5) is 20.5. The van der Waals surface area contributed by atoms with Crippen LogP contribution < -0.4 is 5.32 Å². The van der Waals surface area contributed by atoms with Gasteiger partial charge in [-0.15, -0.1) is 0 Å². The van der Waals surface area contributed by atoms with Gasteiger partial charge in [-0.2, -0.15) is 5.26 Å². The first-order valence-corrected chi connectivity index (χ1v) is 8.95. The first-order valence-electron chi connectivity index (χ1n) is 7.72. The van der Waals surface area contributed by atoms with Crippen molar-refractivity contribution in [2.24, 2.45) is 0 Å². The highest BCUT2D eigenvalue weighted by atomic mass is 32.2. The summed E-state index contributed by atoms with van der Waals surface area (Å²) >= 11 is 1.34. The molecule has 8 heteroatoms. The molecule has 0 aliphatic rings. The Morgan fingerprint density at radius 3 is 2.81 bits per heavy atom. The number of aromatic nitrogens is 2. The molecule has 6 nitrogen and oxygen atoms in total. The minimum Gasteiger partial charge on any atom is -0.463 e. The Labute approximate surface area is 155 Å². The van der Waals surface area contributed by atoms with Crippen molar-refractivity contribution in [2.75, 3.05) is 25.2 Å². The monoisotopic (exact) mass is 372 g/mol. The van der Waals surface area contributed by atoms with Crippen LogP contribution in [0.5, 0.6) is 0 Å². The zero-order valence-electron chi connectivity index (χ0n) is 14.5. The summed E-state index contributed by atoms with van der Waals surface area (Å²) in [5.41, 5.74) is 1.38. The summed E-state index contributed by atoms with van der Waals surface area (Å²) in [5.74, 6) is -0.647. The molecule has 134 valence electrons. The van der Waals surface area contributed by atoms with E-state index in [9.17, 15) is 9.18 Å². The van der Waals surface area contributed by atoms with E-state index in [1.54, 1.807) is 26.1 Å². The van der Waals surface area contributed by atoms with Crippen LogP contribution in [0.25, 0.3) is 17.3 Å². The zero-order valence-corrected chi connectivity index (χ0v) is 15.4. The number of nitriles is 1. The standard InChI is InChI=1S/C18H17FN4O2S/c1-4-25-15(24)8-7-13-16(22-18(26-3)23-17(13)21-2)11-5-6-12(10-20)14(19)9-11/h5-9H,4H2,1-3H3,(H,21,22,23)/b8-7+. The van der Waals surface area contributed by atoms with Gasteiger partial charge in [0, 0.05) is 24.3 Å². The summed E-state index contributed by atoms with van der Waals surface area (Å²) in [7, 11) is 1.69. The molecule has 1 aromatic carbocycles. The lowest BCUT2D eigenvalue weighted by Crippen LogP contribution is -2.04. The number of thioether (sulfide) groups is 1. The molecule has 0 atom stereocenters. The lowest BCUT2D eigenvalue weighted by atomic mass is 10.0. The Morgan fingerprint density at radius 1 is 1.46 bits per heavy atom. The largest absolute Gasteiger partial charge is 0.463 e. The van der Waals surface area contributed by atoms with E-state index in [-0.39, 0.29) is 12.2 Å². The van der Waals surface area contributed by atoms with Gasteiger partial charge in [0.15, 0.2) is 5.16 Å². The third kappa shape index (κ3) is 4.37. The van der Waals surface area contributed by atoms with E-state index >= 15 is 0 Å². The molecule has 1 N–H and O–H groups in total. The maximum absolute atomic E-state index is 14.1. The number of carbonyl (C=O) groups is 1. The summed E-state index contributed by atoms with van der Waals surface area (Å²) in [6, 6.07) is 6.03. The molecule has 0 fully saturated rings. The number of ether oxygens (including phenoxy) is 1. The number of hydrogen-bond acceptors (Lipinski definition) is 7. The second-order valence-corrected chi connectivity index (χ2v) is 5.74. The molecule has 0 saturated carbocycles. The molecule has 0 aliphatic heterocycles. The molecular formula is C18H17FN4O2S. The van der Waals surface area contributed by atoms with Gasteiger partial charge in [-0.1, -0.05) is 17.8 Å². The Bertz CT molecular complexity index is 893. The van der Waals surface area contributed by atoms with Gasteiger partial charge in [0.05, 0.1) is 17.9 Å². The van der Waals surface area contributed by atoms with Gasteiger partial charge in [-0.25, -0.2) is 19.2 Å². The quantitative estimate of drug-likeness (QED) is 0.359. The lowest BCUT2D eigenvalue weighted by molar-refractivity contribution is -0.137. The molecule has 1 aromatic heterocycles. The third-order valence-electron chi connectivity index (χ3n) is 3.38. The number of rotatable bonds is 6. The van der Waals surface area contributed by atoms with E-state index in [4.69, 9.17) is 10.00 Å². The average molecular weight is 372 g/mol. The number of nitrogens with zero attached hydrogens (tertiary/aromatic N) is 3. The molecule has 0 amide bonds. The SMILES string of the molecule is CCOC(=O)/C=C/c1c(NC)nc(SC)nc1-c1ccc(C#N)c(F)c1. The smallest absolute Gasteiger partial charge is 0.330 e. The number of esters is 1. The van der Waals surface area contributed by atoms with Crippen LogP contribution in [0.4, 0.5) is 10.2 Å². The van der Waals surface area contributed by atoms with Crippen molar-refractivity contribution in [3.8, 4) is 17.3 Å². The van der Waals surface area contributed by atoms with Crippen LogP contribution in [0.1, 0.15) is 18.1 Å². The molecule has 26 heavy (non-hydrogen) atoms. The summed E-state index contributed by atoms with van der Waals surface area (Å²) < 4.78 is 19.0. The Morgan fingerprint density at radius 2 is 2.23 bits per heavy atom. The Balaban J connectivity index is 2.64. The fraction of sp³-hybridized carbons (Fsp3) is 0.222. The van der Waals surface area contributed by atoms with E-state index in [1.165, 1.54) is 36.0 Å². The minimum absolute atomic E-state index is 0.0506. The maximum Gasteiger partial charge on any atom is 0.330 e. The molecule has 0 saturated heterocycles. The van der Waals surface area contributed by atoms with Gasteiger partial charge < -0.3 is 10.1 Å². The molecule has 0 radical (unpaired) electrons. The number of benzene rings is 1. The predicted molar refractivity (Wildman–Crippen MR) is 99.1 cm³/mol. The fourth-order valence-electron chi connectivity index (χ4n) is 2.20. The molecule has 2 aromatic rings. The second-order valence-electron chi connectivity index (χ2n) is 4.96.